The molecule has 0 aromatic heterocycles. The first-order chi connectivity index (χ1) is 13.1. The number of hydrogen-bond donors (Lipinski definition) is 1. The molecule has 0 saturated heterocycles. The highest BCUT2D eigenvalue weighted by molar-refractivity contribution is 6.42. The van der Waals surface area contributed by atoms with Gasteiger partial charge in [-0.2, -0.15) is 5.10 Å². The number of hydrogen-bond acceptors (Lipinski definition) is 3. The van der Waals surface area contributed by atoms with Crippen LogP contribution in [0.3, 0.4) is 0 Å². The van der Waals surface area contributed by atoms with E-state index in [4.69, 9.17) is 27.9 Å². The molecule has 3 rings (SSSR count). The number of halogens is 2. The van der Waals surface area contributed by atoms with Crippen molar-refractivity contribution in [1.82, 2.24) is 5.43 Å². The molecule has 1 N–H and O–H groups in total. The topological polar surface area (TPSA) is 50.7 Å². The summed E-state index contributed by atoms with van der Waals surface area (Å²) in [5, 5.41) is 4.94. The number of carbonyl (C=O) groups excluding carboxylic acids is 1. The van der Waals surface area contributed by atoms with Gasteiger partial charge in [0, 0.05) is 5.56 Å². The predicted octanol–water partition coefficient (Wildman–Crippen LogP) is 5.34. The molecule has 0 saturated carbocycles. The summed E-state index contributed by atoms with van der Waals surface area (Å²) in [6.45, 7) is 0.351. The van der Waals surface area contributed by atoms with Crippen molar-refractivity contribution in [3.8, 4) is 5.75 Å². The van der Waals surface area contributed by atoms with Crippen LogP contribution in [-0.4, -0.2) is 12.1 Å². The third kappa shape index (κ3) is 5.58. The smallest absolute Gasteiger partial charge is 0.271 e. The lowest BCUT2D eigenvalue weighted by Gasteiger charge is -2.08. The summed E-state index contributed by atoms with van der Waals surface area (Å²) < 4.78 is 5.70. The van der Waals surface area contributed by atoms with Gasteiger partial charge in [0.25, 0.3) is 5.91 Å². The van der Waals surface area contributed by atoms with E-state index in [0.29, 0.717) is 28.0 Å². The highest BCUT2D eigenvalue weighted by Gasteiger charge is 2.05. The highest BCUT2D eigenvalue weighted by atomic mass is 35.5. The second-order valence-electron chi connectivity index (χ2n) is 5.67. The standard InChI is InChI=1S/C21H16Cl2N2O2/c22-19-11-6-16(12-20(19)23)14-27-18-9-7-17(8-10-18)21(26)25-24-13-15-4-2-1-3-5-15/h1-13H,14H2,(H,25,26). The van der Waals surface area contributed by atoms with Gasteiger partial charge in [0.2, 0.25) is 0 Å². The molecule has 3 aromatic carbocycles. The van der Waals surface area contributed by atoms with Crippen molar-refractivity contribution in [3.63, 3.8) is 0 Å². The van der Waals surface area contributed by atoms with Gasteiger partial charge in [-0.15, -0.1) is 0 Å². The van der Waals surface area contributed by atoms with Gasteiger partial charge >= 0.3 is 0 Å². The lowest BCUT2D eigenvalue weighted by molar-refractivity contribution is 0.0955. The van der Waals surface area contributed by atoms with E-state index in [1.165, 1.54) is 0 Å². The number of rotatable bonds is 6. The molecule has 6 heteroatoms. The predicted molar refractivity (Wildman–Crippen MR) is 109 cm³/mol. The summed E-state index contributed by atoms with van der Waals surface area (Å²) in [7, 11) is 0. The number of nitrogens with one attached hydrogen (secondary N) is 1. The minimum absolute atomic E-state index is 0.293. The van der Waals surface area contributed by atoms with Crippen LogP contribution in [0.2, 0.25) is 10.0 Å². The van der Waals surface area contributed by atoms with Gasteiger partial charge in [-0.3, -0.25) is 4.79 Å². The Bertz CT molecular complexity index is 942. The average Bonchev–Trinajstić information content (AvgIpc) is 2.70. The number of hydrazone groups is 1. The molecule has 4 nitrogen and oxygen atoms in total. The van der Waals surface area contributed by atoms with Crippen molar-refractivity contribution >= 4 is 35.3 Å². The number of ether oxygens (including phenoxy) is 1. The van der Waals surface area contributed by atoms with Gasteiger partial charge in [0.05, 0.1) is 16.3 Å². The van der Waals surface area contributed by atoms with Gasteiger partial charge < -0.3 is 4.74 Å². The first-order valence-electron chi connectivity index (χ1n) is 8.17. The minimum Gasteiger partial charge on any atom is -0.489 e. The first kappa shape index (κ1) is 19.0. The number of carbonyl (C=O) groups is 1. The zero-order valence-electron chi connectivity index (χ0n) is 14.2. The van der Waals surface area contributed by atoms with E-state index < -0.39 is 0 Å². The van der Waals surface area contributed by atoms with Gasteiger partial charge in [-0.1, -0.05) is 59.6 Å². The van der Waals surface area contributed by atoms with Crippen molar-refractivity contribution in [1.29, 1.82) is 0 Å². The average molecular weight is 399 g/mol. The molecule has 0 fully saturated rings. The summed E-state index contributed by atoms with van der Waals surface area (Å²) >= 11 is 11.9. The number of nitrogens with zero attached hydrogens (tertiary/aromatic N) is 1. The Kier molecular flexibility index (Phi) is 6.47. The molecule has 0 aliphatic carbocycles. The number of amides is 1. The van der Waals surface area contributed by atoms with Crippen molar-refractivity contribution in [3.05, 3.63) is 99.5 Å². The maximum Gasteiger partial charge on any atom is 0.271 e. The molecular formula is C21H16Cl2N2O2. The molecular weight excluding hydrogens is 383 g/mol. The van der Waals surface area contributed by atoms with Crippen LogP contribution < -0.4 is 10.2 Å². The van der Waals surface area contributed by atoms with E-state index in [2.05, 4.69) is 10.5 Å². The molecule has 0 aliphatic heterocycles. The Hall–Kier alpha value is -2.82. The summed E-state index contributed by atoms with van der Waals surface area (Å²) in [6.07, 6.45) is 1.59. The SMILES string of the molecule is O=C(NN=Cc1ccccc1)c1ccc(OCc2ccc(Cl)c(Cl)c2)cc1. The summed E-state index contributed by atoms with van der Waals surface area (Å²) in [6, 6.07) is 21.7. The van der Waals surface area contributed by atoms with Crippen LogP contribution in [0.15, 0.2) is 77.9 Å². The van der Waals surface area contributed by atoms with Crippen LogP contribution in [-0.2, 0) is 6.61 Å². The van der Waals surface area contributed by atoms with Gasteiger partial charge in [-0.25, -0.2) is 5.43 Å². The third-order valence-electron chi connectivity index (χ3n) is 3.69. The van der Waals surface area contributed by atoms with Crippen molar-refractivity contribution < 1.29 is 9.53 Å². The summed E-state index contributed by atoms with van der Waals surface area (Å²) in [4.78, 5) is 12.1. The lowest BCUT2D eigenvalue weighted by Crippen LogP contribution is -2.17. The maximum atomic E-state index is 12.1. The van der Waals surface area contributed by atoms with E-state index >= 15 is 0 Å². The Labute approximate surface area is 167 Å². The van der Waals surface area contributed by atoms with Crippen LogP contribution >= 0.6 is 23.2 Å². The van der Waals surface area contributed by atoms with E-state index in [0.717, 1.165) is 11.1 Å². The van der Waals surface area contributed by atoms with E-state index in [9.17, 15) is 4.79 Å². The first-order valence-corrected chi connectivity index (χ1v) is 8.92. The van der Waals surface area contributed by atoms with Gasteiger partial charge in [0.15, 0.2) is 0 Å². The molecule has 27 heavy (non-hydrogen) atoms. The lowest BCUT2D eigenvalue weighted by atomic mass is 10.2. The molecule has 1 amide bonds. The largest absolute Gasteiger partial charge is 0.489 e. The van der Waals surface area contributed by atoms with Gasteiger partial charge in [-0.05, 0) is 47.5 Å². The summed E-state index contributed by atoms with van der Waals surface area (Å²) in [5.74, 6) is 0.351. The van der Waals surface area contributed by atoms with E-state index in [1.807, 2.05) is 36.4 Å². The van der Waals surface area contributed by atoms with E-state index in [1.54, 1.807) is 42.6 Å². The quantitative estimate of drug-likeness (QED) is 0.450. The summed E-state index contributed by atoms with van der Waals surface area (Å²) in [5.41, 5.74) is 4.80. The molecule has 0 radical (unpaired) electrons. The van der Waals surface area contributed by atoms with Crippen molar-refractivity contribution in [2.75, 3.05) is 0 Å². The molecule has 0 bridgehead atoms. The normalized spacial score (nSPS) is 10.7. The Morgan fingerprint density at radius 2 is 1.70 bits per heavy atom. The molecule has 0 spiro atoms. The second-order valence-corrected chi connectivity index (χ2v) is 6.49. The fraction of sp³-hybridized carbons (Fsp3) is 0.0476. The molecule has 0 aliphatic rings. The van der Waals surface area contributed by atoms with Crippen LogP contribution in [0.25, 0.3) is 0 Å². The maximum absolute atomic E-state index is 12.1. The Balaban J connectivity index is 1.53. The van der Waals surface area contributed by atoms with Crippen molar-refractivity contribution in [2.24, 2.45) is 5.10 Å². The molecule has 0 unspecified atom stereocenters. The zero-order valence-corrected chi connectivity index (χ0v) is 15.7. The third-order valence-corrected chi connectivity index (χ3v) is 4.42. The fourth-order valence-electron chi connectivity index (χ4n) is 2.27. The molecule has 136 valence electrons. The minimum atomic E-state index is -0.293. The zero-order chi connectivity index (χ0) is 19.1. The van der Waals surface area contributed by atoms with Crippen molar-refractivity contribution in [2.45, 2.75) is 6.61 Å². The molecule has 3 aromatic rings. The van der Waals surface area contributed by atoms with Crippen LogP contribution in [0.1, 0.15) is 21.5 Å². The van der Waals surface area contributed by atoms with Crippen LogP contribution in [0.5, 0.6) is 5.75 Å². The Morgan fingerprint density at radius 1 is 0.963 bits per heavy atom. The fourth-order valence-corrected chi connectivity index (χ4v) is 2.59. The monoisotopic (exact) mass is 398 g/mol. The van der Waals surface area contributed by atoms with E-state index in [-0.39, 0.29) is 5.91 Å². The van der Waals surface area contributed by atoms with Crippen LogP contribution in [0.4, 0.5) is 0 Å². The number of benzene rings is 3. The highest BCUT2D eigenvalue weighted by Crippen LogP contribution is 2.23. The van der Waals surface area contributed by atoms with Gasteiger partial charge in [0.1, 0.15) is 12.4 Å². The second kappa shape index (κ2) is 9.21. The molecule has 0 atom stereocenters. The Morgan fingerprint density at radius 3 is 2.41 bits per heavy atom. The molecule has 0 heterocycles. The van der Waals surface area contributed by atoms with Crippen LogP contribution in [0, 0.1) is 0 Å².